The number of hydrogen-bond acceptors (Lipinski definition) is 2. The first-order chi connectivity index (χ1) is 14.7. The molecule has 0 aliphatic carbocycles. The summed E-state index contributed by atoms with van der Waals surface area (Å²) in [6.45, 7) is 3.08. The molecule has 0 radical (unpaired) electrons. The second-order valence-electron chi connectivity index (χ2n) is 7.73. The quantitative estimate of drug-likeness (QED) is 0.485. The molecule has 32 heavy (non-hydrogen) atoms. The maximum atomic E-state index is 13.2. The molecule has 11 heteroatoms. The van der Waals surface area contributed by atoms with E-state index in [9.17, 15) is 35.9 Å². The van der Waals surface area contributed by atoms with Crippen LogP contribution in [-0.2, 0) is 31.9 Å². The minimum Gasteiger partial charge on any atom is -0.329 e. The van der Waals surface area contributed by atoms with Crippen LogP contribution >= 0.6 is 15.9 Å². The molecule has 1 aromatic carbocycles. The minimum atomic E-state index is -4.98. The summed E-state index contributed by atoms with van der Waals surface area (Å²) in [7, 11) is 0. The molecular weight excluding hydrogens is 506 g/mol. The topological polar surface area (TPSA) is 42.3 Å². The van der Waals surface area contributed by atoms with Crippen LogP contribution in [0.25, 0.3) is 0 Å². The Bertz CT molecular complexity index is 1070. The summed E-state index contributed by atoms with van der Waals surface area (Å²) in [5.74, 6) is -0.628. The number of aryl methyl sites for hydroxylation is 1. The van der Waals surface area contributed by atoms with Crippen molar-refractivity contribution >= 4 is 21.8 Å². The third kappa shape index (κ3) is 4.72. The second-order valence-corrected chi connectivity index (χ2v) is 8.52. The normalized spacial score (nSPS) is 17.0. The highest BCUT2D eigenvalue weighted by atomic mass is 79.9. The Hall–Kier alpha value is -2.30. The van der Waals surface area contributed by atoms with E-state index in [0.717, 1.165) is 0 Å². The molecule has 1 amide bonds. The first-order valence-electron chi connectivity index (χ1n) is 9.75. The first kappa shape index (κ1) is 24.3. The van der Waals surface area contributed by atoms with Gasteiger partial charge in [0.25, 0.3) is 11.5 Å². The van der Waals surface area contributed by atoms with Crippen LogP contribution in [0.2, 0.25) is 0 Å². The van der Waals surface area contributed by atoms with Gasteiger partial charge in [-0.15, -0.1) is 0 Å². The molecule has 1 aromatic heterocycles. The third-order valence-corrected chi connectivity index (χ3v) is 6.14. The fourth-order valence-corrected chi connectivity index (χ4v) is 4.25. The molecule has 0 saturated carbocycles. The molecule has 174 valence electrons. The Balaban J connectivity index is 2.04. The van der Waals surface area contributed by atoms with E-state index in [1.807, 2.05) is 6.92 Å². The van der Waals surface area contributed by atoms with Crippen LogP contribution in [0.3, 0.4) is 0 Å². The number of halogens is 7. The van der Waals surface area contributed by atoms with Crippen molar-refractivity contribution in [2.75, 3.05) is 0 Å². The van der Waals surface area contributed by atoms with Crippen LogP contribution in [0.5, 0.6) is 0 Å². The van der Waals surface area contributed by atoms with Crippen molar-refractivity contribution in [3.63, 3.8) is 0 Å². The molecule has 1 aliphatic heterocycles. The van der Waals surface area contributed by atoms with Gasteiger partial charge in [0.1, 0.15) is 5.69 Å². The van der Waals surface area contributed by atoms with Gasteiger partial charge in [-0.25, -0.2) is 0 Å². The highest BCUT2D eigenvalue weighted by Gasteiger charge is 2.38. The van der Waals surface area contributed by atoms with Crippen LogP contribution in [0, 0.1) is 0 Å². The SMILES string of the molecule is CCCc1cc2n(c(=O)c1Br)CC(C)N(Cc1cc(C(F)(F)F)cc(C(F)(F)F)c1)C2=O. The number of benzene rings is 1. The van der Waals surface area contributed by atoms with Crippen molar-refractivity contribution in [3.8, 4) is 0 Å². The zero-order valence-electron chi connectivity index (χ0n) is 17.1. The Morgan fingerprint density at radius 3 is 2.06 bits per heavy atom. The number of nitrogens with zero attached hydrogens (tertiary/aromatic N) is 2. The molecule has 0 saturated heterocycles. The molecule has 0 spiro atoms. The highest BCUT2D eigenvalue weighted by molar-refractivity contribution is 9.10. The van der Waals surface area contributed by atoms with Crippen molar-refractivity contribution in [1.29, 1.82) is 0 Å². The van der Waals surface area contributed by atoms with Crippen LogP contribution in [0.15, 0.2) is 33.5 Å². The summed E-state index contributed by atoms with van der Waals surface area (Å²) in [5.41, 5.74) is -2.90. The molecule has 0 fully saturated rings. The van der Waals surface area contributed by atoms with E-state index >= 15 is 0 Å². The second kappa shape index (κ2) is 8.57. The number of alkyl halides is 6. The van der Waals surface area contributed by atoms with Gasteiger partial charge < -0.3 is 9.47 Å². The van der Waals surface area contributed by atoms with Gasteiger partial charge >= 0.3 is 12.4 Å². The Morgan fingerprint density at radius 2 is 1.56 bits per heavy atom. The lowest BCUT2D eigenvalue weighted by atomic mass is 10.0. The number of carbonyl (C=O) groups is 1. The summed E-state index contributed by atoms with van der Waals surface area (Å²) in [6, 6.07) is 2.19. The van der Waals surface area contributed by atoms with Crippen LogP contribution in [-0.4, -0.2) is 21.4 Å². The number of carbonyl (C=O) groups excluding carboxylic acids is 1. The van der Waals surface area contributed by atoms with E-state index in [0.29, 0.717) is 35.0 Å². The Labute approximate surface area is 188 Å². The highest BCUT2D eigenvalue weighted by Crippen LogP contribution is 2.37. The number of hydrogen-bond donors (Lipinski definition) is 0. The maximum absolute atomic E-state index is 13.2. The monoisotopic (exact) mass is 524 g/mol. The van der Waals surface area contributed by atoms with Crippen molar-refractivity contribution in [1.82, 2.24) is 9.47 Å². The zero-order chi connectivity index (χ0) is 24.0. The average Bonchev–Trinajstić information content (AvgIpc) is 2.68. The Morgan fingerprint density at radius 1 is 1.00 bits per heavy atom. The smallest absolute Gasteiger partial charge is 0.329 e. The molecule has 2 aromatic rings. The fourth-order valence-electron chi connectivity index (χ4n) is 3.73. The first-order valence-corrected chi connectivity index (χ1v) is 10.5. The lowest BCUT2D eigenvalue weighted by molar-refractivity contribution is -0.143. The van der Waals surface area contributed by atoms with E-state index < -0.39 is 47.5 Å². The molecule has 1 atom stereocenters. The Kier molecular flexibility index (Phi) is 6.52. The van der Waals surface area contributed by atoms with Gasteiger partial charge in [-0.05, 0) is 64.7 Å². The summed E-state index contributed by atoms with van der Waals surface area (Å²) in [6.07, 6.45) is -8.72. The largest absolute Gasteiger partial charge is 0.416 e. The zero-order valence-corrected chi connectivity index (χ0v) is 18.7. The molecule has 1 unspecified atom stereocenters. The minimum absolute atomic E-state index is 0.0500. The standard InChI is InChI=1S/C21H19BrF6N2O2/c1-3-4-13-7-16-18(31)29(11(2)9-30(16)19(32)17(13)22)10-12-5-14(20(23,24)25)8-15(6-12)21(26,27)28/h5-8,11H,3-4,9-10H2,1-2H3. The van der Waals surface area contributed by atoms with E-state index in [-0.39, 0.29) is 23.9 Å². The van der Waals surface area contributed by atoms with Crippen molar-refractivity contribution in [3.05, 3.63) is 67.0 Å². The maximum Gasteiger partial charge on any atom is 0.416 e. The molecule has 3 rings (SSSR count). The van der Waals surface area contributed by atoms with E-state index in [1.165, 1.54) is 9.47 Å². The summed E-state index contributed by atoms with van der Waals surface area (Å²) < 4.78 is 80.7. The molecular formula is C21H19BrF6N2O2. The van der Waals surface area contributed by atoms with Gasteiger partial charge in [-0.3, -0.25) is 9.59 Å². The van der Waals surface area contributed by atoms with Crippen molar-refractivity contribution < 1.29 is 31.1 Å². The number of pyridine rings is 1. The van der Waals surface area contributed by atoms with Crippen LogP contribution < -0.4 is 5.56 Å². The molecule has 0 bridgehead atoms. The summed E-state index contributed by atoms with van der Waals surface area (Å²) in [4.78, 5) is 27.0. The van der Waals surface area contributed by atoms with Gasteiger partial charge in [0.05, 0.1) is 15.6 Å². The van der Waals surface area contributed by atoms with Crippen LogP contribution in [0.1, 0.15) is 53.0 Å². The summed E-state index contributed by atoms with van der Waals surface area (Å²) in [5, 5.41) is 0. The number of rotatable bonds is 4. The third-order valence-electron chi connectivity index (χ3n) is 5.30. The van der Waals surface area contributed by atoms with Gasteiger partial charge in [0, 0.05) is 19.1 Å². The lowest BCUT2D eigenvalue weighted by Crippen LogP contribution is -2.49. The van der Waals surface area contributed by atoms with Crippen molar-refractivity contribution in [2.45, 2.75) is 58.2 Å². The number of amides is 1. The fraction of sp³-hybridized carbons (Fsp3) is 0.429. The predicted molar refractivity (Wildman–Crippen MR) is 108 cm³/mol. The van der Waals surface area contributed by atoms with Gasteiger partial charge in [-0.1, -0.05) is 13.3 Å². The van der Waals surface area contributed by atoms with Gasteiger partial charge in [0.15, 0.2) is 0 Å². The molecule has 0 N–H and O–H groups in total. The predicted octanol–water partition coefficient (Wildman–Crippen LogP) is 5.65. The molecule has 2 heterocycles. The van der Waals surface area contributed by atoms with E-state index in [2.05, 4.69) is 15.9 Å². The molecule has 4 nitrogen and oxygen atoms in total. The van der Waals surface area contributed by atoms with Gasteiger partial charge in [0.2, 0.25) is 0 Å². The number of fused-ring (bicyclic) bond motifs is 1. The summed E-state index contributed by atoms with van der Waals surface area (Å²) >= 11 is 3.25. The lowest BCUT2D eigenvalue weighted by Gasteiger charge is -2.36. The van der Waals surface area contributed by atoms with E-state index in [4.69, 9.17) is 0 Å². The number of aromatic nitrogens is 1. The van der Waals surface area contributed by atoms with Gasteiger partial charge in [-0.2, -0.15) is 26.3 Å². The molecule has 1 aliphatic rings. The van der Waals surface area contributed by atoms with E-state index in [1.54, 1.807) is 13.0 Å². The van der Waals surface area contributed by atoms with Crippen LogP contribution in [0.4, 0.5) is 26.3 Å². The van der Waals surface area contributed by atoms with Crippen molar-refractivity contribution in [2.24, 2.45) is 0 Å². The average molecular weight is 525 g/mol.